The lowest BCUT2D eigenvalue weighted by Crippen LogP contribution is -2.29. The van der Waals surface area contributed by atoms with E-state index < -0.39 is 0 Å². The monoisotopic (exact) mass is 315 g/mol. The van der Waals surface area contributed by atoms with Crippen LogP contribution in [0.1, 0.15) is 17.4 Å². The molecule has 0 aromatic carbocycles. The molecule has 17 heavy (non-hydrogen) atoms. The van der Waals surface area contributed by atoms with Crippen molar-refractivity contribution in [3.05, 3.63) is 51.6 Å². The van der Waals surface area contributed by atoms with Gasteiger partial charge in [-0.3, -0.25) is 10.8 Å². The molecule has 6 heteroatoms. The second kappa shape index (κ2) is 5.64. The Morgan fingerprint density at radius 2 is 2.29 bits per heavy atom. The number of aromatic nitrogens is 1. The molecule has 0 bridgehead atoms. The van der Waals surface area contributed by atoms with E-state index in [0.29, 0.717) is 17.4 Å². The van der Waals surface area contributed by atoms with Crippen LogP contribution >= 0.6 is 27.5 Å². The van der Waals surface area contributed by atoms with E-state index in [2.05, 4.69) is 26.3 Å². The molecular formula is C11H11BrClN3O. The van der Waals surface area contributed by atoms with Crippen LogP contribution in [-0.2, 0) is 6.42 Å². The molecule has 0 saturated carbocycles. The van der Waals surface area contributed by atoms with Crippen LogP contribution in [0.2, 0.25) is 5.22 Å². The average Bonchev–Trinajstić information content (AvgIpc) is 2.73. The van der Waals surface area contributed by atoms with Crippen molar-refractivity contribution in [2.75, 3.05) is 0 Å². The van der Waals surface area contributed by atoms with Crippen molar-refractivity contribution in [2.24, 2.45) is 5.84 Å². The Kier molecular flexibility index (Phi) is 4.17. The molecule has 2 aromatic rings. The number of nitrogens with two attached hydrogens (primary N) is 1. The highest BCUT2D eigenvalue weighted by atomic mass is 79.9. The summed E-state index contributed by atoms with van der Waals surface area (Å²) in [6.45, 7) is 0. The molecule has 0 radical (unpaired) electrons. The lowest BCUT2D eigenvalue weighted by molar-refractivity contribution is 0.417. The van der Waals surface area contributed by atoms with Gasteiger partial charge in [0, 0.05) is 16.9 Å². The van der Waals surface area contributed by atoms with Crippen molar-refractivity contribution in [1.29, 1.82) is 0 Å². The van der Waals surface area contributed by atoms with Gasteiger partial charge in [-0.1, -0.05) is 0 Å². The highest BCUT2D eigenvalue weighted by molar-refractivity contribution is 9.10. The van der Waals surface area contributed by atoms with Crippen molar-refractivity contribution in [1.82, 2.24) is 10.4 Å². The summed E-state index contributed by atoms with van der Waals surface area (Å²) in [7, 11) is 0. The summed E-state index contributed by atoms with van der Waals surface area (Å²) in [6.07, 6.45) is 4.20. The zero-order valence-electron chi connectivity index (χ0n) is 8.86. The fraction of sp³-hybridized carbons (Fsp3) is 0.182. The van der Waals surface area contributed by atoms with Gasteiger partial charge in [0.15, 0.2) is 5.22 Å². The Balaban J connectivity index is 2.15. The average molecular weight is 317 g/mol. The largest absolute Gasteiger partial charge is 0.448 e. The summed E-state index contributed by atoms with van der Waals surface area (Å²) in [5.41, 5.74) is 3.75. The molecule has 2 rings (SSSR count). The van der Waals surface area contributed by atoms with Crippen molar-refractivity contribution >= 4 is 27.5 Å². The minimum absolute atomic E-state index is 0.126. The second-order valence-corrected chi connectivity index (χ2v) is 4.86. The summed E-state index contributed by atoms with van der Waals surface area (Å²) in [4.78, 5) is 4.10. The summed E-state index contributed by atoms with van der Waals surface area (Å²) < 4.78 is 6.26. The molecule has 0 fully saturated rings. The maximum Gasteiger partial charge on any atom is 0.193 e. The summed E-state index contributed by atoms with van der Waals surface area (Å²) in [6, 6.07) is 5.36. The first-order valence-corrected chi connectivity index (χ1v) is 6.17. The van der Waals surface area contributed by atoms with Crippen LogP contribution in [-0.4, -0.2) is 4.98 Å². The maximum absolute atomic E-state index is 5.73. The van der Waals surface area contributed by atoms with E-state index in [-0.39, 0.29) is 6.04 Å². The van der Waals surface area contributed by atoms with Gasteiger partial charge in [-0.15, -0.1) is 0 Å². The van der Waals surface area contributed by atoms with Gasteiger partial charge in [-0.05, 0) is 57.7 Å². The topological polar surface area (TPSA) is 64.1 Å². The molecule has 0 aliphatic heterocycles. The first kappa shape index (κ1) is 12.6. The van der Waals surface area contributed by atoms with E-state index in [4.69, 9.17) is 21.9 Å². The van der Waals surface area contributed by atoms with Gasteiger partial charge >= 0.3 is 0 Å². The van der Waals surface area contributed by atoms with Crippen molar-refractivity contribution in [3.63, 3.8) is 0 Å². The van der Waals surface area contributed by atoms with Crippen LogP contribution in [0.5, 0.6) is 0 Å². The van der Waals surface area contributed by atoms with E-state index in [1.54, 1.807) is 24.5 Å². The molecule has 0 aliphatic rings. The third kappa shape index (κ3) is 3.29. The normalized spacial score (nSPS) is 12.6. The molecule has 0 aliphatic carbocycles. The first-order valence-electron chi connectivity index (χ1n) is 5.00. The van der Waals surface area contributed by atoms with Gasteiger partial charge in [0.05, 0.1) is 6.04 Å². The highest BCUT2D eigenvalue weighted by Gasteiger charge is 2.14. The number of hydrogen-bond donors (Lipinski definition) is 2. The van der Waals surface area contributed by atoms with Gasteiger partial charge in [-0.2, -0.15) is 0 Å². The predicted molar refractivity (Wildman–Crippen MR) is 69.4 cm³/mol. The number of rotatable bonds is 4. The fourth-order valence-electron chi connectivity index (χ4n) is 1.56. The molecular weight excluding hydrogens is 305 g/mol. The number of pyridine rings is 1. The number of nitrogens with one attached hydrogen (secondary N) is 1. The minimum atomic E-state index is -0.126. The van der Waals surface area contributed by atoms with Crippen LogP contribution in [0.15, 0.2) is 39.5 Å². The summed E-state index contributed by atoms with van der Waals surface area (Å²) in [5.74, 6) is 6.22. The summed E-state index contributed by atoms with van der Waals surface area (Å²) >= 11 is 9.11. The molecule has 0 spiro atoms. The molecule has 90 valence electrons. The van der Waals surface area contributed by atoms with E-state index in [9.17, 15) is 0 Å². The van der Waals surface area contributed by atoms with Gasteiger partial charge in [-0.25, -0.2) is 5.43 Å². The maximum atomic E-state index is 5.73. The third-order valence-corrected chi connectivity index (χ3v) is 2.98. The van der Waals surface area contributed by atoms with Crippen molar-refractivity contribution < 1.29 is 4.42 Å². The molecule has 3 N–H and O–H groups in total. The number of hydrogen-bond acceptors (Lipinski definition) is 4. The Labute approximate surface area is 112 Å². The fourth-order valence-corrected chi connectivity index (χ4v) is 2.12. The predicted octanol–water partition coefficient (Wildman–Crippen LogP) is 2.84. The molecule has 1 unspecified atom stereocenters. The molecule has 0 saturated heterocycles. The Morgan fingerprint density at radius 1 is 1.47 bits per heavy atom. The first-order chi connectivity index (χ1) is 8.19. The van der Waals surface area contributed by atoms with Crippen molar-refractivity contribution in [3.8, 4) is 0 Å². The van der Waals surface area contributed by atoms with E-state index in [0.717, 1.165) is 10.0 Å². The number of halogens is 2. The molecule has 0 amide bonds. The Morgan fingerprint density at radius 3 is 2.88 bits per heavy atom. The SMILES string of the molecule is NNC(Cc1cncc(Br)c1)c1ccc(Cl)o1. The van der Waals surface area contributed by atoms with Gasteiger partial charge in [0.1, 0.15) is 5.76 Å². The van der Waals surface area contributed by atoms with Gasteiger partial charge in [0.25, 0.3) is 0 Å². The van der Waals surface area contributed by atoms with Crippen LogP contribution in [0.4, 0.5) is 0 Å². The molecule has 1 atom stereocenters. The smallest absolute Gasteiger partial charge is 0.193 e. The van der Waals surface area contributed by atoms with E-state index in [1.807, 2.05) is 6.07 Å². The third-order valence-electron chi connectivity index (χ3n) is 2.34. The standard InChI is InChI=1S/C11H11BrClN3O/c12-8-3-7(5-15-6-8)4-9(16-14)10-1-2-11(13)17-10/h1-3,5-6,9,16H,4,14H2. The minimum Gasteiger partial charge on any atom is -0.448 e. The summed E-state index contributed by atoms with van der Waals surface area (Å²) in [5, 5.41) is 0.354. The van der Waals surface area contributed by atoms with Gasteiger partial charge in [0.2, 0.25) is 0 Å². The van der Waals surface area contributed by atoms with Crippen LogP contribution in [0.3, 0.4) is 0 Å². The van der Waals surface area contributed by atoms with E-state index in [1.165, 1.54) is 0 Å². The van der Waals surface area contributed by atoms with Crippen LogP contribution in [0.25, 0.3) is 0 Å². The lowest BCUT2D eigenvalue weighted by atomic mass is 10.1. The van der Waals surface area contributed by atoms with Crippen molar-refractivity contribution in [2.45, 2.75) is 12.5 Å². The molecule has 2 heterocycles. The zero-order valence-corrected chi connectivity index (χ0v) is 11.2. The highest BCUT2D eigenvalue weighted by Crippen LogP contribution is 2.23. The number of hydrazine groups is 1. The quantitative estimate of drug-likeness (QED) is 0.672. The number of nitrogens with zero attached hydrogens (tertiary/aromatic N) is 1. The Hall–Kier alpha value is -0.880. The lowest BCUT2D eigenvalue weighted by Gasteiger charge is -2.13. The molecule has 2 aromatic heterocycles. The second-order valence-electron chi connectivity index (χ2n) is 3.58. The van der Waals surface area contributed by atoms with Crippen LogP contribution in [0, 0.1) is 0 Å². The molecule has 4 nitrogen and oxygen atoms in total. The number of furan rings is 1. The van der Waals surface area contributed by atoms with Crippen LogP contribution < -0.4 is 11.3 Å². The Bertz CT molecular complexity index is 503. The van der Waals surface area contributed by atoms with Gasteiger partial charge < -0.3 is 4.42 Å². The van der Waals surface area contributed by atoms with E-state index >= 15 is 0 Å². The zero-order chi connectivity index (χ0) is 12.3.